The molecular formula is C28H30N2O4S. The van der Waals surface area contributed by atoms with Gasteiger partial charge in [-0.25, -0.2) is 8.42 Å². The van der Waals surface area contributed by atoms with Gasteiger partial charge in [-0.2, -0.15) is 0 Å². The summed E-state index contributed by atoms with van der Waals surface area (Å²) in [6.07, 6.45) is 2.09. The summed E-state index contributed by atoms with van der Waals surface area (Å²) < 4.78 is 24.8. The second kappa shape index (κ2) is 10.0. The Balaban J connectivity index is 1.39. The van der Waals surface area contributed by atoms with E-state index in [0.717, 1.165) is 35.2 Å². The standard InChI is InChI=1S/C28H30N2O4S/c1-19-6-4-5-7-26(19)30(3)28(32)25-15-12-23(16-20(25)2)29-27(31)17-21-10-13-24(14-11-21)35(33,34)18-22-8-9-22/h4-7,10-16,22H,8-9,17-18H2,1-3H3,(H,29,31). The third kappa shape index (κ3) is 5.98. The quantitative estimate of drug-likeness (QED) is 0.485. The van der Waals surface area contributed by atoms with E-state index in [9.17, 15) is 18.0 Å². The van der Waals surface area contributed by atoms with Gasteiger partial charge in [0, 0.05) is 24.0 Å². The Morgan fingerprint density at radius 2 is 1.63 bits per heavy atom. The van der Waals surface area contributed by atoms with E-state index in [1.54, 1.807) is 54.4 Å². The van der Waals surface area contributed by atoms with Crippen molar-refractivity contribution in [1.29, 1.82) is 0 Å². The minimum atomic E-state index is -3.26. The van der Waals surface area contributed by atoms with E-state index >= 15 is 0 Å². The van der Waals surface area contributed by atoms with Crippen molar-refractivity contribution in [2.24, 2.45) is 5.92 Å². The van der Waals surface area contributed by atoms with Crippen LogP contribution in [0.2, 0.25) is 0 Å². The largest absolute Gasteiger partial charge is 0.326 e. The summed E-state index contributed by atoms with van der Waals surface area (Å²) in [7, 11) is -1.51. The summed E-state index contributed by atoms with van der Waals surface area (Å²) >= 11 is 0. The molecule has 0 unspecified atom stereocenters. The fourth-order valence-corrected chi connectivity index (χ4v) is 5.80. The Kier molecular flexibility index (Phi) is 7.08. The van der Waals surface area contributed by atoms with Crippen LogP contribution >= 0.6 is 0 Å². The average molecular weight is 491 g/mol. The highest BCUT2D eigenvalue weighted by Crippen LogP contribution is 2.32. The molecule has 6 nitrogen and oxygen atoms in total. The first kappa shape index (κ1) is 24.7. The number of carbonyl (C=O) groups excluding carboxylic acids is 2. The van der Waals surface area contributed by atoms with Gasteiger partial charge in [0.15, 0.2) is 9.84 Å². The Labute approximate surface area is 206 Å². The first-order valence-corrected chi connectivity index (χ1v) is 13.3. The number of aryl methyl sites for hydroxylation is 2. The molecule has 1 aliphatic rings. The Morgan fingerprint density at radius 3 is 2.26 bits per heavy atom. The normalized spacial score (nSPS) is 13.3. The molecule has 1 fully saturated rings. The van der Waals surface area contributed by atoms with Crippen molar-refractivity contribution in [2.75, 3.05) is 23.0 Å². The predicted octanol–water partition coefficient (Wildman–Crippen LogP) is 4.94. The molecular weight excluding hydrogens is 460 g/mol. The van der Waals surface area contributed by atoms with Crippen LogP contribution in [-0.2, 0) is 21.1 Å². The molecule has 1 aliphatic carbocycles. The van der Waals surface area contributed by atoms with Crippen molar-refractivity contribution in [3.05, 3.63) is 89.0 Å². The summed E-state index contributed by atoms with van der Waals surface area (Å²) in [6, 6.07) is 19.5. The van der Waals surface area contributed by atoms with Crippen LogP contribution < -0.4 is 10.2 Å². The lowest BCUT2D eigenvalue weighted by Crippen LogP contribution is -2.27. The SMILES string of the molecule is Cc1cc(NC(=O)Cc2ccc(S(=O)(=O)CC3CC3)cc2)ccc1C(=O)N(C)c1ccccc1C. The lowest BCUT2D eigenvalue weighted by Gasteiger charge is -2.21. The maximum Gasteiger partial charge on any atom is 0.258 e. The molecule has 3 aromatic carbocycles. The molecule has 0 radical (unpaired) electrons. The fourth-order valence-electron chi connectivity index (χ4n) is 4.11. The smallest absolute Gasteiger partial charge is 0.258 e. The molecule has 0 aromatic heterocycles. The summed E-state index contributed by atoms with van der Waals surface area (Å²) in [5.41, 5.74) is 4.52. The monoisotopic (exact) mass is 490 g/mol. The van der Waals surface area contributed by atoms with Gasteiger partial charge < -0.3 is 10.2 Å². The molecule has 0 atom stereocenters. The number of benzene rings is 3. The van der Waals surface area contributed by atoms with Crippen LogP contribution in [0.25, 0.3) is 0 Å². The maximum atomic E-state index is 13.0. The van der Waals surface area contributed by atoms with Gasteiger partial charge in [-0.3, -0.25) is 9.59 Å². The van der Waals surface area contributed by atoms with Crippen LogP contribution in [0, 0.1) is 19.8 Å². The van der Waals surface area contributed by atoms with E-state index in [1.807, 2.05) is 38.1 Å². The molecule has 0 saturated heterocycles. The summed E-state index contributed by atoms with van der Waals surface area (Å²) in [5, 5.41) is 2.86. The summed E-state index contributed by atoms with van der Waals surface area (Å²) in [5.74, 6) is 0.157. The fraction of sp³-hybridized carbons (Fsp3) is 0.286. The van der Waals surface area contributed by atoms with Crippen molar-refractivity contribution >= 4 is 33.0 Å². The predicted molar refractivity (Wildman–Crippen MR) is 139 cm³/mol. The van der Waals surface area contributed by atoms with Crippen molar-refractivity contribution < 1.29 is 18.0 Å². The number of para-hydroxylation sites is 1. The zero-order valence-corrected chi connectivity index (χ0v) is 21.1. The number of hydrogen-bond acceptors (Lipinski definition) is 4. The van der Waals surface area contributed by atoms with E-state index < -0.39 is 9.84 Å². The molecule has 0 spiro atoms. The number of carbonyl (C=O) groups is 2. The first-order chi connectivity index (χ1) is 16.6. The molecule has 1 saturated carbocycles. The zero-order valence-electron chi connectivity index (χ0n) is 20.2. The number of rotatable bonds is 8. The third-order valence-corrected chi connectivity index (χ3v) is 8.22. The van der Waals surface area contributed by atoms with Gasteiger partial charge in [-0.05, 0) is 85.7 Å². The first-order valence-electron chi connectivity index (χ1n) is 11.7. The van der Waals surface area contributed by atoms with Crippen LogP contribution in [0.3, 0.4) is 0 Å². The molecule has 0 bridgehead atoms. The van der Waals surface area contributed by atoms with E-state index in [2.05, 4.69) is 5.32 Å². The van der Waals surface area contributed by atoms with Gasteiger partial charge in [-0.15, -0.1) is 0 Å². The zero-order chi connectivity index (χ0) is 25.2. The van der Waals surface area contributed by atoms with E-state index in [1.165, 1.54) is 0 Å². The van der Waals surface area contributed by atoms with E-state index in [-0.39, 0.29) is 24.0 Å². The van der Waals surface area contributed by atoms with Crippen molar-refractivity contribution in [3.63, 3.8) is 0 Å². The van der Waals surface area contributed by atoms with Crippen LogP contribution in [0.15, 0.2) is 71.6 Å². The third-order valence-electron chi connectivity index (χ3n) is 6.32. The molecule has 4 rings (SSSR count). The second-order valence-electron chi connectivity index (χ2n) is 9.27. The molecule has 182 valence electrons. The van der Waals surface area contributed by atoms with Crippen molar-refractivity contribution in [3.8, 4) is 0 Å². The molecule has 0 aliphatic heterocycles. The summed E-state index contributed by atoms with van der Waals surface area (Å²) in [6.45, 7) is 3.81. The van der Waals surface area contributed by atoms with Gasteiger partial charge in [0.1, 0.15) is 0 Å². The van der Waals surface area contributed by atoms with Crippen molar-refractivity contribution in [1.82, 2.24) is 0 Å². The molecule has 3 aromatic rings. The average Bonchev–Trinajstić information content (AvgIpc) is 3.62. The highest BCUT2D eigenvalue weighted by molar-refractivity contribution is 7.91. The second-order valence-corrected chi connectivity index (χ2v) is 11.3. The molecule has 7 heteroatoms. The van der Waals surface area contributed by atoms with Crippen LogP contribution in [-0.4, -0.2) is 33.0 Å². The van der Waals surface area contributed by atoms with Gasteiger partial charge in [0.25, 0.3) is 5.91 Å². The Bertz CT molecular complexity index is 1360. The highest BCUT2D eigenvalue weighted by Gasteiger charge is 2.29. The number of nitrogens with zero attached hydrogens (tertiary/aromatic N) is 1. The number of amides is 2. The molecule has 1 N–H and O–H groups in total. The topological polar surface area (TPSA) is 83.5 Å². The number of nitrogens with one attached hydrogen (secondary N) is 1. The van der Waals surface area contributed by atoms with Crippen LogP contribution in [0.4, 0.5) is 11.4 Å². The molecule has 35 heavy (non-hydrogen) atoms. The van der Waals surface area contributed by atoms with Crippen LogP contribution in [0.5, 0.6) is 0 Å². The number of sulfone groups is 1. The van der Waals surface area contributed by atoms with Gasteiger partial charge in [-0.1, -0.05) is 30.3 Å². The number of hydrogen-bond donors (Lipinski definition) is 1. The maximum absolute atomic E-state index is 13.0. The van der Waals surface area contributed by atoms with Crippen molar-refractivity contribution in [2.45, 2.75) is 38.0 Å². The molecule has 2 amide bonds. The Hall–Kier alpha value is -3.45. The van der Waals surface area contributed by atoms with Crippen LogP contribution in [0.1, 0.15) is 39.9 Å². The highest BCUT2D eigenvalue weighted by atomic mass is 32.2. The van der Waals surface area contributed by atoms with E-state index in [0.29, 0.717) is 22.1 Å². The molecule has 0 heterocycles. The van der Waals surface area contributed by atoms with Gasteiger partial charge in [0.2, 0.25) is 5.91 Å². The minimum absolute atomic E-state index is 0.119. The summed E-state index contributed by atoms with van der Waals surface area (Å²) in [4.78, 5) is 27.6. The lowest BCUT2D eigenvalue weighted by molar-refractivity contribution is -0.115. The minimum Gasteiger partial charge on any atom is -0.326 e. The van der Waals surface area contributed by atoms with E-state index in [4.69, 9.17) is 0 Å². The van der Waals surface area contributed by atoms with Gasteiger partial charge >= 0.3 is 0 Å². The number of anilines is 2. The Morgan fingerprint density at radius 1 is 0.943 bits per heavy atom. The van der Waals surface area contributed by atoms with Gasteiger partial charge in [0.05, 0.1) is 17.1 Å². The lowest BCUT2D eigenvalue weighted by atomic mass is 10.1.